The number of amides is 2. The van der Waals surface area contributed by atoms with Gasteiger partial charge in [-0.1, -0.05) is 0 Å². The molecule has 7 heteroatoms. The quantitative estimate of drug-likeness (QED) is 0.775. The Kier molecular flexibility index (Phi) is 3.21. The van der Waals surface area contributed by atoms with E-state index in [1.165, 1.54) is 11.3 Å². The van der Waals surface area contributed by atoms with Crippen LogP contribution in [0.3, 0.4) is 0 Å². The number of carbonyl (C=O) groups excluding carboxylic acids is 2. The molecule has 3 N–H and O–H groups in total. The number of hydrogen-bond donors (Lipinski definition) is 3. The van der Waals surface area contributed by atoms with E-state index in [0.29, 0.717) is 11.5 Å². The first-order valence-electron chi connectivity index (χ1n) is 6.51. The molecule has 2 aliphatic rings. The standard InChI is InChI=1S/C13H14N2O4S/c16-9-4-6(5-14-9)11(17)15-12-10(13(18)19)7-2-1-3-8(7)20-12/h6H,1-5H2,(H,14,16)(H,15,17)(H,18,19). The van der Waals surface area contributed by atoms with Crippen molar-refractivity contribution in [2.75, 3.05) is 11.9 Å². The predicted octanol–water partition coefficient (Wildman–Crippen LogP) is 1.01. The number of fused-ring (bicyclic) bond motifs is 1. The topological polar surface area (TPSA) is 95.5 Å². The van der Waals surface area contributed by atoms with Crippen LogP contribution in [-0.4, -0.2) is 29.4 Å². The van der Waals surface area contributed by atoms with Crippen molar-refractivity contribution in [3.63, 3.8) is 0 Å². The van der Waals surface area contributed by atoms with Crippen LogP contribution in [-0.2, 0) is 22.4 Å². The minimum atomic E-state index is -1.000. The highest BCUT2D eigenvalue weighted by molar-refractivity contribution is 7.17. The second-order valence-corrected chi connectivity index (χ2v) is 6.17. The lowest BCUT2D eigenvalue weighted by atomic mass is 10.1. The van der Waals surface area contributed by atoms with Crippen molar-refractivity contribution in [2.45, 2.75) is 25.7 Å². The van der Waals surface area contributed by atoms with Crippen LogP contribution >= 0.6 is 11.3 Å². The molecule has 0 spiro atoms. The molecule has 1 aliphatic heterocycles. The predicted molar refractivity (Wildman–Crippen MR) is 73.0 cm³/mol. The minimum Gasteiger partial charge on any atom is -0.478 e. The van der Waals surface area contributed by atoms with Crippen LogP contribution in [0.2, 0.25) is 0 Å². The van der Waals surface area contributed by atoms with Crippen molar-refractivity contribution < 1.29 is 19.5 Å². The Morgan fingerprint density at radius 2 is 2.15 bits per heavy atom. The number of carboxylic acid groups (broad SMARTS) is 1. The van der Waals surface area contributed by atoms with Gasteiger partial charge in [-0.2, -0.15) is 0 Å². The van der Waals surface area contributed by atoms with Gasteiger partial charge in [0.1, 0.15) is 5.00 Å². The lowest BCUT2D eigenvalue weighted by Gasteiger charge is -2.09. The number of carbonyl (C=O) groups is 3. The van der Waals surface area contributed by atoms with Crippen LogP contribution in [0, 0.1) is 5.92 Å². The van der Waals surface area contributed by atoms with Gasteiger partial charge in [0, 0.05) is 17.8 Å². The largest absolute Gasteiger partial charge is 0.478 e. The van der Waals surface area contributed by atoms with Crippen LogP contribution in [0.4, 0.5) is 5.00 Å². The van der Waals surface area contributed by atoms with Gasteiger partial charge in [-0.25, -0.2) is 4.79 Å². The number of carboxylic acids is 1. The zero-order valence-corrected chi connectivity index (χ0v) is 11.5. The van der Waals surface area contributed by atoms with E-state index in [2.05, 4.69) is 10.6 Å². The molecule has 0 saturated carbocycles. The van der Waals surface area contributed by atoms with E-state index in [0.717, 1.165) is 29.7 Å². The van der Waals surface area contributed by atoms with Crippen molar-refractivity contribution in [1.29, 1.82) is 0 Å². The SMILES string of the molecule is O=C1CC(C(=O)Nc2sc3c(c2C(=O)O)CCC3)CN1. The van der Waals surface area contributed by atoms with E-state index >= 15 is 0 Å². The van der Waals surface area contributed by atoms with Gasteiger partial charge < -0.3 is 15.7 Å². The zero-order chi connectivity index (χ0) is 14.3. The van der Waals surface area contributed by atoms with Gasteiger partial charge in [-0.05, 0) is 24.8 Å². The normalized spacial score (nSPS) is 20.6. The van der Waals surface area contributed by atoms with Crippen LogP contribution in [0.15, 0.2) is 0 Å². The number of aryl methyl sites for hydroxylation is 1. The van der Waals surface area contributed by atoms with Crippen LogP contribution in [0.1, 0.15) is 33.6 Å². The summed E-state index contributed by atoms with van der Waals surface area (Å²) in [4.78, 5) is 35.6. The number of nitrogens with one attached hydrogen (secondary N) is 2. The summed E-state index contributed by atoms with van der Waals surface area (Å²) >= 11 is 1.35. The Bertz CT molecular complexity index is 608. The summed E-state index contributed by atoms with van der Waals surface area (Å²) in [7, 11) is 0. The Labute approximate surface area is 119 Å². The maximum absolute atomic E-state index is 12.1. The molecule has 6 nitrogen and oxygen atoms in total. The second-order valence-electron chi connectivity index (χ2n) is 5.06. The number of aromatic carboxylic acids is 1. The van der Waals surface area contributed by atoms with Gasteiger partial charge in [-0.15, -0.1) is 11.3 Å². The van der Waals surface area contributed by atoms with Gasteiger partial charge in [0.05, 0.1) is 11.5 Å². The molecule has 106 valence electrons. The third-order valence-corrected chi connectivity index (χ3v) is 4.93. The molecule has 1 aromatic rings. The van der Waals surface area contributed by atoms with Gasteiger partial charge >= 0.3 is 5.97 Å². The van der Waals surface area contributed by atoms with E-state index in [1.807, 2.05) is 0 Å². The van der Waals surface area contributed by atoms with E-state index in [1.54, 1.807) is 0 Å². The average Bonchev–Trinajstić information content (AvgIpc) is 3.03. The molecule has 20 heavy (non-hydrogen) atoms. The lowest BCUT2D eigenvalue weighted by Crippen LogP contribution is -2.25. The third-order valence-electron chi connectivity index (χ3n) is 3.72. The number of hydrogen-bond acceptors (Lipinski definition) is 4. The molecule has 3 rings (SSSR count). The summed E-state index contributed by atoms with van der Waals surface area (Å²) in [6.45, 7) is 0.318. The fourth-order valence-electron chi connectivity index (χ4n) is 2.72. The number of anilines is 1. The molecule has 2 heterocycles. The summed E-state index contributed by atoms with van der Waals surface area (Å²) in [5.41, 5.74) is 1.09. The summed E-state index contributed by atoms with van der Waals surface area (Å²) in [6.07, 6.45) is 2.77. The fraction of sp³-hybridized carbons (Fsp3) is 0.462. The van der Waals surface area contributed by atoms with Crippen LogP contribution < -0.4 is 10.6 Å². The maximum Gasteiger partial charge on any atom is 0.339 e. The van der Waals surface area contributed by atoms with Crippen molar-refractivity contribution in [2.24, 2.45) is 5.92 Å². The monoisotopic (exact) mass is 294 g/mol. The fourth-order valence-corrected chi connectivity index (χ4v) is 4.01. The Morgan fingerprint density at radius 1 is 1.35 bits per heavy atom. The molecule has 2 amide bonds. The van der Waals surface area contributed by atoms with E-state index in [9.17, 15) is 19.5 Å². The van der Waals surface area contributed by atoms with E-state index in [4.69, 9.17) is 0 Å². The molecule has 1 atom stereocenters. The van der Waals surface area contributed by atoms with Crippen molar-refractivity contribution in [1.82, 2.24) is 5.32 Å². The molecule has 1 aliphatic carbocycles. The first-order chi connectivity index (χ1) is 9.56. The highest BCUT2D eigenvalue weighted by atomic mass is 32.1. The molecular weight excluding hydrogens is 280 g/mol. The highest BCUT2D eigenvalue weighted by Gasteiger charge is 2.31. The summed E-state index contributed by atoms with van der Waals surface area (Å²) < 4.78 is 0. The van der Waals surface area contributed by atoms with Crippen LogP contribution in [0.5, 0.6) is 0 Å². The van der Waals surface area contributed by atoms with Gasteiger partial charge in [0.25, 0.3) is 0 Å². The molecule has 1 aromatic heterocycles. The smallest absolute Gasteiger partial charge is 0.339 e. The van der Waals surface area contributed by atoms with E-state index < -0.39 is 11.9 Å². The van der Waals surface area contributed by atoms with Crippen molar-refractivity contribution >= 4 is 34.1 Å². The van der Waals surface area contributed by atoms with Gasteiger partial charge in [0.15, 0.2) is 0 Å². The zero-order valence-electron chi connectivity index (χ0n) is 10.7. The second kappa shape index (κ2) is 4.90. The average molecular weight is 294 g/mol. The van der Waals surface area contributed by atoms with E-state index in [-0.39, 0.29) is 23.8 Å². The molecule has 1 saturated heterocycles. The van der Waals surface area contributed by atoms with Crippen molar-refractivity contribution in [3.05, 3.63) is 16.0 Å². The highest BCUT2D eigenvalue weighted by Crippen LogP contribution is 2.39. The molecule has 0 radical (unpaired) electrons. The molecule has 1 fully saturated rings. The molecule has 1 unspecified atom stereocenters. The molecular formula is C13H14N2O4S. The molecule has 0 bridgehead atoms. The minimum absolute atomic E-state index is 0.141. The third kappa shape index (κ3) is 2.18. The Morgan fingerprint density at radius 3 is 2.80 bits per heavy atom. The summed E-state index contributed by atoms with van der Waals surface area (Å²) in [5, 5.41) is 15.0. The lowest BCUT2D eigenvalue weighted by molar-refractivity contribution is -0.123. The van der Waals surface area contributed by atoms with Gasteiger partial charge in [0.2, 0.25) is 11.8 Å². The summed E-state index contributed by atoms with van der Waals surface area (Å²) in [5.74, 6) is -1.84. The summed E-state index contributed by atoms with van der Waals surface area (Å²) in [6, 6.07) is 0. The Hall–Kier alpha value is -1.89. The van der Waals surface area contributed by atoms with Crippen molar-refractivity contribution in [3.8, 4) is 0 Å². The number of rotatable bonds is 3. The maximum atomic E-state index is 12.1. The Balaban J connectivity index is 1.82. The first kappa shape index (κ1) is 13.1. The first-order valence-corrected chi connectivity index (χ1v) is 7.33. The number of thiophene rings is 1. The van der Waals surface area contributed by atoms with Gasteiger partial charge in [-0.3, -0.25) is 9.59 Å². The molecule has 0 aromatic carbocycles. The van der Waals surface area contributed by atoms with Crippen LogP contribution in [0.25, 0.3) is 0 Å².